The first-order valence-electron chi connectivity index (χ1n) is 6.29. The SMILES string of the molecule is N#Cc1ccc(N2CCC(OC(=O)C(F)(F)F)CC2)nc1. The second kappa shape index (κ2) is 5.99. The van der Waals surface area contributed by atoms with Gasteiger partial charge in [0.2, 0.25) is 0 Å². The molecule has 2 rings (SSSR count). The van der Waals surface area contributed by atoms with Crippen LogP contribution in [0.1, 0.15) is 18.4 Å². The first-order valence-corrected chi connectivity index (χ1v) is 6.29. The van der Waals surface area contributed by atoms with E-state index in [1.807, 2.05) is 11.0 Å². The standard InChI is InChI=1S/C13H12F3N3O2/c14-13(15,16)12(20)21-10-3-5-19(6-4-10)11-2-1-9(7-17)8-18-11/h1-2,8,10H,3-6H2. The molecule has 21 heavy (non-hydrogen) atoms. The van der Waals surface area contributed by atoms with Gasteiger partial charge in [-0.3, -0.25) is 0 Å². The number of aromatic nitrogens is 1. The highest BCUT2D eigenvalue weighted by Gasteiger charge is 2.42. The maximum atomic E-state index is 12.1. The smallest absolute Gasteiger partial charge is 0.456 e. The summed E-state index contributed by atoms with van der Waals surface area (Å²) in [6.07, 6.45) is -3.63. The van der Waals surface area contributed by atoms with Crippen molar-refractivity contribution >= 4 is 11.8 Å². The van der Waals surface area contributed by atoms with Crippen LogP contribution in [0.25, 0.3) is 0 Å². The minimum atomic E-state index is -4.95. The molecule has 0 amide bonds. The normalized spacial score (nSPS) is 16.4. The zero-order chi connectivity index (χ0) is 15.5. The zero-order valence-electron chi connectivity index (χ0n) is 10.9. The Bertz CT molecular complexity index is 543. The Morgan fingerprint density at radius 1 is 1.38 bits per heavy atom. The van der Waals surface area contributed by atoms with Crippen LogP contribution in [0, 0.1) is 11.3 Å². The lowest BCUT2D eigenvalue weighted by atomic mass is 10.1. The summed E-state index contributed by atoms with van der Waals surface area (Å²) in [5, 5.41) is 8.68. The predicted octanol–water partition coefficient (Wildman–Crippen LogP) is 2.03. The fraction of sp³-hybridized carbons (Fsp3) is 0.462. The van der Waals surface area contributed by atoms with E-state index >= 15 is 0 Å². The van der Waals surface area contributed by atoms with Gasteiger partial charge >= 0.3 is 12.1 Å². The molecule has 112 valence electrons. The number of halogens is 3. The van der Waals surface area contributed by atoms with Crippen LogP contribution in [0.5, 0.6) is 0 Å². The molecule has 0 bridgehead atoms. The van der Waals surface area contributed by atoms with Gasteiger partial charge in [0.05, 0.1) is 5.56 Å². The Labute approximate surface area is 118 Å². The molecular weight excluding hydrogens is 287 g/mol. The van der Waals surface area contributed by atoms with Crippen LogP contribution in [-0.4, -0.2) is 36.3 Å². The quantitative estimate of drug-likeness (QED) is 0.782. The molecule has 0 aromatic carbocycles. The van der Waals surface area contributed by atoms with Gasteiger partial charge in [0.25, 0.3) is 0 Å². The Balaban J connectivity index is 1.88. The van der Waals surface area contributed by atoms with Crippen molar-refractivity contribution in [2.24, 2.45) is 0 Å². The average Bonchev–Trinajstić information content (AvgIpc) is 2.47. The van der Waals surface area contributed by atoms with E-state index < -0.39 is 18.2 Å². The number of alkyl halides is 3. The number of ether oxygens (including phenoxy) is 1. The van der Waals surface area contributed by atoms with Gasteiger partial charge in [-0.05, 0) is 12.1 Å². The second-order valence-corrected chi connectivity index (χ2v) is 4.61. The molecule has 0 atom stereocenters. The van der Waals surface area contributed by atoms with Crippen molar-refractivity contribution in [3.8, 4) is 6.07 Å². The highest BCUT2D eigenvalue weighted by Crippen LogP contribution is 2.23. The van der Waals surface area contributed by atoms with E-state index in [-0.39, 0.29) is 0 Å². The van der Waals surface area contributed by atoms with Gasteiger partial charge in [-0.2, -0.15) is 18.4 Å². The summed E-state index contributed by atoms with van der Waals surface area (Å²) in [6, 6.07) is 5.26. The number of nitriles is 1. The van der Waals surface area contributed by atoms with Gasteiger partial charge in [0, 0.05) is 32.1 Å². The number of carbonyl (C=O) groups is 1. The molecule has 1 saturated heterocycles. The Morgan fingerprint density at radius 2 is 2.05 bits per heavy atom. The van der Waals surface area contributed by atoms with Crippen molar-refractivity contribution in [3.63, 3.8) is 0 Å². The van der Waals surface area contributed by atoms with Crippen LogP contribution in [0.4, 0.5) is 19.0 Å². The molecule has 1 aromatic rings. The molecule has 1 fully saturated rings. The van der Waals surface area contributed by atoms with Crippen molar-refractivity contribution in [2.45, 2.75) is 25.1 Å². The van der Waals surface area contributed by atoms with E-state index in [0.717, 1.165) is 0 Å². The Morgan fingerprint density at radius 3 is 2.52 bits per heavy atom. The van der Waals surface area contributed by atoms with Crippen molar-refractivity contribution in [2.75, 3.05) is 18.0 Å². The molecule has 0 spiro atoms. The van der Waals surface area contributed by atoms with E-state index in [0.29, 0.717) is 37.3 Å². The van der Waals surface area contributed by atoms with Crippen molar-refractivity contribution in [3.05, 3.63) is 23.9 Å². The number of anilines is 1. The second-order valence-electron chi connectivity index (χ2n) is 4.61. The monoisotopic (exact) mass is 299 g/mol. The summed E-state index contributed by atoms with van der Waals surface area (Å²) in [5.41, 5.74) is 0.438. The molecule has 0 aliphatic carbocycles. The minimum absolute atomic E-state index is 0.309. The van der Waals surface area contributed by atoms with Gasteiger partial charge in [0.15, 0.2) is 0 Å². The summed E-state index contributed by atoms with van der Waals surface area (Å²) < 4.78 is 40.7. The van der Waals surface area contributed by atoms with Gasteiger partial charge in [-0.25, -0.2) is 9.78 Å². The van der Waals surface area contributed by atoms with Crippen molar-refractivity contribution in [1.82, 2.24) is 4.98 Å². The predicted molar refractivity (Wildman–Crippen MR) is 66.3 cm³/mol. The van der Waals surface area contributed by atoms with Crippen LogP contribution in [0.15, 0.2) is 18.3 Å². The number of nitrogens with zero attached hydrogens (tertiary/aromatic N) is 3. The van der Waals surface area contributed by atoms with Crippen LogP contribution in [0.3, 0.4) is 0 Å². The van der Waals surface area contributed by atoms with Gasteiger partial charge in [-0.1, -0.05) is 0 Å². The third-order valence-electron chi connectivity index (χ3n) is 3.15. The van der Waals surface area contributed by atoms with E-state index in [4.69, 9.17) is 5.26 Å². The van der Waals surface area contributed by atoms with Gasteiger partial charge in [-0.15, -0.1) is 0 Å². The van der Waals surface area contributed by atoms with E-state index in [2.05, 4.69) is 9.72 Å². The number of esters is 1. The average molecular weight is 299 g/mol. The molecule has 0 saturated carbocycles. The zero-order valence-corrected chi connectivity index (χ0v) is 10.9. The largest absolute Gasteiger partial charge is 0.490 e. The van der Waals surface area contributed by atoms with Crippen LogP contribution in [-0.2, 0) is 9.53 Å². The van der Waals surface area contributed by atoms with Crippen molar-refractivity contribution in [1.29, 1.82) is 5.26 Å². The van der Waals surface area contributed by atoms with E-state index in [1.165, 1.54) is 6.20 Å². The van der Waals surface area contributed by atoms with E-state index in [9.17, 15) is 18.0 Å². The van der Waals surface area contributed by atoms with Crippen molar-refractivity contribution < 1.29 is 22.7 Å². The molecule has 0 N–H and O–H groups in total. The summed E-state index contributed by atoms with van der Waals surface area (Å²) in [6.45, 7) is 0.878. The number of hydrogen-bond acceptors (Lipinski definition) is 5. The molecule has 0 radical (unpaired) electrons. The third kappa shape index (κ3) is 3.84. The number of rotatable bonds is 2. The first kappa shape index (κ1) is 15.1. The summed E-state index contributed by atoms with van der Waals surface area (Å²) in [4.78, 5) is 16.7. The fourth-order valence-corrected chi connectivity index (χ4v) is 2.06. The minimum Gasteiger partial charge on any atom is -0.456 e. The van der Waals surface area contributed by atoms with Crippen LogP contribution < -0.4 is 4.90 Å². The number of piperidine rings is 1. The van der Waals surface area contributed by atoms with Crippen LogP contribution in [0.2, 0.25) is 0 Å². The lowest BCUT2D eigenvalue weighted by Crippen LogP contribution is -2.40. The first-order chi connectivity index (χ1) is 9.90. The lowest BCUT2D eigenvalue weighted by Gasteiger charge is -2.32. The highest BCUT2D eigenvalue weighted by molar-refractivity contribution is 5.75. The highest BCUT2D eigenvalue weighted by atomic mass is 19.4. The number of carbonyl (C=O) groups excluding carboxylic acids is 1. The molecule has 2 heterocycles. The van der Waals surface area contributed by atoms with Crippen LogP contribution >= 0.6 is 0 Å². The molecule has 0 unspecified atom stereocenters. The summed E-state index contributed by atoms with van der Waals surface area (Å²) in [5.74, 6) is -1.49. The maximum Gasteiger partial charge on any atom is 0.490 e. The maximum absolute atomic E-state index is 12.1. The van der Waals surface area contributed by atoms with Gasteiger partial charge < -0.3 is 9.64 Å². The summed E-state index contributed by atoms with van der Waals surface area (Å²) >= 11 is 0. The summed E-state index contributed by atoms with van der Waals surface area (Å²) in [7, 11) is 0. The van der Waals surface area contributed by atoms with Gasteiger partial charge in [0.1, 0.15) is 18.0 Å². The molecule has 1 aromatic heterocycles. The lowest BCUT2D eigenvalue weighted by molar-refractivity contribution is -0.205. The molecular formula is C13H12F3N3O2. The molecule has 5 nitrogen and oxygen atoms in total. The molecule has 1 aliphatic rings. The Hall–Kier alpha value is -2.30. The molecule has 1 aliphatic heterocycles. The number of hydrogen-bond donors (Lipinski definition) is 0. The number of pyridine rings is 1. The topological polar surface area (TPSA) is 66.2 Å². The third-order valence-corrected chi connectivity index (χ3v) is 3.15. The molecule has 8 heteroatoms. The van der Waals surface area contributed by atoms with E-state index in [1.54, 1.807) is 12.1 Å². The fourth-order valence-electron chi connectivity index (χ4n) is 2.06. The Kier molecular flexibility index (Phi) is 4.31.